The minimum Gasteiger partial charge on any atom is -0.411 e. The molecule has 0 bridgehead atoms. The molecule has 0 saturated heterocycles. The van der Waals surface area contributed by atoms with Crippen molar-refractivity contribution in [2.45, 2.75) is 43.4 Å². The molecule has 30 heavy (non-hydrogen) atoms. The highest BCUT2D eigenvalue weighted by Gasteiger charge is 2.15. The minimum atomic E-state index is -0.581. The Morgan fingerprint density at radius 1 is 0.833 bits per heavy atom. The van der Waals surface area contributed by atoms with Crippen molar-refractivity contribution in [3.8, 4) is 0 Å². The standard InChI is InChI=1S/C22H22N2O5S/c1-4-19(23-28)21(26)15-6-10-17(11-7-15)30-18-12-8-16(9-13-18)22(27)20(5-2)24-29-14(3)25/h6-13,28H,4-5H2,1-3H3/b23-19-,24-20+. The molecule has 0 amide bonds. The van der Waals surface area contributed by atoms with E-state index in [9.17, 15) is 14.4 Å². The van der Waals surface area contributed by atoms with Gasteiger partial charge >= 0.3 is 5.97 Å². The van der Waals surface area contributed by atoms with Crippen molar-refractivity contribution in [3.05, 3.63) is 59.7 Å². The van der Waals surface area contributed by atoms with Crippen LogP contribution in [0.15, 0.2) is 68.6 Å². The van der Waals surface area contributed by atoms with Gasteiger partial charge in [-0.25, -0.2) is 4.79 Å². The number of hydrogen-bond donors (Lipinski definition) is 1. The van der Waals surface area contributed by atoms with E-state index in [0.29, 0.717) is 24.0 Å². The van der Waals surface area contributed by atoms with E-state index in [4.69, 9.17) is 5.21 Å². The maximum Gasteiger partial charge on any atom is 0.331 e. The van der Waals surface area contributed by atoms with Crippen LogP contribution in [-0.4, -0.2) is 34.2 Å². The number of benzene rings is 2. The van der Waals surface area contributed by atoms with E-state index in [1.54, 1.807) is 38.1 Å². The monoisotopic (exact) mass is 426 g/mol. The molecular weight excluding hydrogens is 404 g/mol. The van der Waals surface area contributed by atoms with Gasteiger partial charge in [-0.05, 0) is 61.4 Å². The second-order valence-corrected chi connectivity index (χ2v) is 7.33. The fourth-order valence-electron chi connectivity index (χ4n) is 2.48. The molecule has 2 rings (SSSR count). The van der Waals surface area contributed by atoms with Gasteiger partial charge in [-0.1, -0.05) is 35.9 Å². The van der Waals surface area contributed by atoms with Crippen LogP contribution < -0.4 is 0 Å². The van der Waals surface area contributed by atoms with Gasteiger partial charge in [-0.3, -0.25) is 9.59 Å². The molecule has 2 aromatic rings. The summed E-state index contributed by atoms with van der Waals surface area (Å²) >= 11 is 1.47. The number of hydrogen-bond acceptors (Lipinski definition) is 8. The summed E-state index contributed by atoms with van der Waals surface area (Å²) < 4.78 is 0. The third-order valence-electron chi connectivity index (χ3n) is 4.07. The highest BCUT2D eigenvalue weighted by Crippen LogP contribution is 2.28. The van der Waals surface area contributed by atoms with Gasteiger partial charge in [-0.2, -0.15) is 0 Å². The van der Waals surface area contributed by atoms with Gasteiger partial charge in [0.25, 0.3) is 0 Å². The van der Waals surface area contributed by atoms with Gasteiger partial charge in [0.1, 0.15) is 11.4 Å². The van der Waals surface area contributed by atoms with Crippen LogP contribution >= 0.6 is 11.8 Å². The molecule has 0 aliphatic carbocycles. The second kappa shape index (κ2) is 11.1. The molecule has 0 radical (unpaired) electrons. The predicted octanol–water partition coefficient (Wildman–Crippen LogP) is 4.77. The van der Waals surface area contributed by atoms with Crippen LogP contribution in [0.25, 0.3) is 0 Å². The Morgan fingerprint density at radius 2 is 1.27 bits per heavy atom. The molecule has 0 aliphatic heterocycles. The van der Waals surface area contributed by atoms with E-state index < -0.39 is 5.97 Å². The molecule has 8 heteroatoms. The van der Waals surface area contributed by atoms with E-state index in [0.717, 1.165) is 9.79 Å². The van der Waals surface area contributed by atoms with E-state index in [1.165, 1.54) is 18.7 Å². The molecule has 0 heterocycles. The normalized spacial score (nSPS) is 11.8. The number of rotatable bonds is 9. The van der Waals surface area contributed by atoms with E-state index >= 15 is 0 Å². The van der Waals surface area contributed by atoms with Gasteiger partial charge in [0.15, 0.2) is 0 Å². The maximum atomic E-state index is 12.5. The van der Waals surface area contributed by atoms with E-state index in [2.05, 4.69) is 15.1 Å². The summed E-state index contributed by atoms with van der Waals surface area (Å²) in [5.74, 6) is -1.18. The van der Waals surface area contributed by atoms with Gasteiger partial charge in [0.05, 0.1) is 0 Å². The number of ketones is 2. The Bertz CT molecular complexity index is 980. The van der Waals surface area contributed by atoms with Crippen LogP contribution in [0.5, 0.6) is 0 Å². The highest BCUT2D eigenvalue weighted by atomic mass is 32.2. The SMILES string of the molecule is CC/C(=N/O)C(=O)c1ccc(Sc2ccc(C(=O)/C(CC)=N/OC(C)=O)cc2)cc1. The van der Waals surface area contributed by atoms with Crippen molar-refractivity contribution in [1.82, 2.24) is 0 Å². The Labute approximate surface area is 178 Å². The molecule has 0 unspecified atom stereocenters. The first-order valence-electron chi connectivity index (χ1n) is 9.32. The molecule has 0 atom stereocenters. The zero-order chi connectivity index (χ0) is 22.1. The Balaban J connectivity index is 2.09. The average Bonchev–Trinajstić information content (AvgIpc) is 2.75. The summed E-state index contributed by atoms with van der Waals surface area (Å²) in [6.45, 7) is 4.73. The fourth-order valence-corrected chi connectivity index (χ4v) is 3.30. The zero-order valence-electron chi connectivity index (χ0n) is 16.9. The van der Waals surface area contributed by atoms with Crippen LogP contribution in [0, 0.1) is 0 Å². The van der Waals surface area contributed by atoms with Crippen molar-refractivity contribution in [3.63, 3.8) is 0 Å². The number of nitrogens with zero attached hydrogens (tertiary/aromatic N) is 2. The van der Waals surface area contributed by atoms with Crippen LogP contribution in [-0.2, 0) is 9.63 Å². The molecule has 2 aromatic carbocycles. The Morgan fingerprint density at radius 3 is 1.63 bits per heavy atom. The highest BCUT2D eigenvalue weighted by molar-refractivity contribution is 7.99. The van der Waals surface area contributed by atoms with Gasteiger partial charge < -0.3 is 10.0 Å². The summed E-state index contributed by atoms with van der Waals surface area (Å²) in [5.41, 5.74) is 1.18. The van der Waals surface area contributed by atoms with Crippen LogP contribution in [0.2, 0.25) is 0 Å². The smallest absolute Gasteiger partial charge is 0.331 e. The lowest BCUT2D eigenvalue weighted by Crippen LogP contribution is -2.14. The quantitative estimate of drug-likeness (QED) is 0.203. The lowest BCUT2D eigenvalue weighted by atomic mass is 10.1. The first-order valence-corrected chi connectivity index (χ1v) is 10.1. The molecule has 0 aromatic heterocycles. The molecule has 0 spiro atoms. The van der Waals surface area contributed by atoms with Gasteiger partial charge in [-0.15, -0.1) is 0 Å². The Hall–Kier alpha value is -3.26. The molecular formula is C22H22N2O5S. The Kier molecular flexibility index (Phi) is 8.49. The van der Waals surface area contributed by atoms with Crippen LogP contribution in [0.1, 0.15) is 54.3 Å². The fraction of sp³-hybridized carbons (Fsp3) is 0.227. The first kappa shape index (κ1) is 23.0. The van der Waals surface area contributed by atoms with Crippen molar-refractivity contribution in [2.75, 3.05) is 0 Å². The molecule has 156 valence electrons. The first-order chi connectivity index (χ1) is 14.4. The van der Waals surface area contributed by atoms with Gasteiger partial charge in [0, 0.05) is 27.8 Å². The molecule has 7 nitrogen and oxygen atoms in total. The van der Waals surface area contributed by atoms with Crippen LogP contribution in [0.3, 0.4) is 0 Å². The third-order valence-corrected chi connectivity index (χ3v) is 5.08. The summed E-state index contributed by atoms with van der Waals surface area (Å²) in [4.78, 5) is 41.9. The van der Waals surface area contributed by atoms with Crippen molar-refractivity contribution < 1.29 is 24.4 Å². The summed E-state index contributed by atoms with van der Waals surface area (Å²) in [6.07, 6.45) is 0.691. The van der Waals surface area contributed by atoms with Crippen molar-refractivity contribution >= 4 is 40.7 Å². The topological polar surface area (TPSA) is 105 Å². The lowest BCUT2D eigenvalue weighted by Gasteiger charge is -2.06. The van der Waals surface area contributed by atoms with E-state index in [1.807, 2.05) is 24.3 Å². The van der Waals surface area contributed by atoms with E-state index in [-0.39, 0.29) is 23.0 Å². The minimum absolute atomic E-state index is 0.111. The third kappa shape index (κ3) is 6.12. The molecule has 0 fully saturated rings. The predicted molar refractivity (Wildman–Crippen MR) is 115 cm³/mol. The van der Waals surface area contributed by atoms with Crippen molar-refractivity contribution in [1.29, 1.82) is 0 Å². The molecule has 0 aliphatic rings. The second-order valence-electron chi connectivity index (χ2n) is 6.18. The molecule has 1 N–H and O–H groups in total. The largest absolute Gasteiger partial charge is 0.411 e. The zero-order valence-corrected chi connectivity index (χ0v) is 17.7. The summed E-state index contributed by atoms with van der Waals surface area (Å²) in [7, 11) is 0. The number of carbonyl (C=O) groups excluding carboxylic acids is 3. The number of Topliss-reactive ketones (excluding diaryl/α,β-unsaturated/α-hetero) is 2. The van der Waals surface area contributed by atoms with Gasteiger partial charge in [0.2, 0.25) is 11.6 Å². The molecule has 0 saturated carbocycles. The summed E-state index contributed by atoms with van der Waals surface area (Å²) in [5, 5.41) is 15.5. The maximum absolute atomic E-state index is 12.5. The summed E-state index contributed by atoms with van der Waals surface area (Å²) in [6, 6.07) is 14.0. The van der Waals surface area contributed by atoms with Crippen LogP contribution in [0.4, 0.5) is 0 Å². The number of oxime groups is 2. The lowest BCUT2D eigenvalue weighted by molar-refractivity contribution is -0.140. The number of carbonyl (C=O) groups is 3. The van der Waals surface area contributed by atoms with Crippen molar-refractivity contribution in [2.24, 2.45) is 10.3 Å². The average molecular weight is 426 g/mol.